The summed E-state index contributed by atoms with van der Waals surface area (Å²) in [6, 6.07) is 4.02. The Morgan fingerprint density at radius 2 is 2.05 bits per heavy atom. The normalized spacial score (nSPS) is 10.7. The second kappa shape index (κ2) is 7.53. The number of hydrogen-bond acceptors (Lipinski definition) is 2. The van der Waals surface area contributed by atoms with Crippen molar-refractivity contribution in [2.24, 2.45) is 0 Å². The highest BCUT2D eigenvalue weighted by molar-refractivity contribution is 5.75. The Morgan fingerprint density at radius 1 is 1.25 bits per heavy atom. The number of hydrogen-bond donors (Lipinski definition) is 1. The van der Waals surface area contributed by atoms with Crippen LogP contribution in [0.3, 0.4) is 0 Å². The van der Waals surface area contributed by atoms with E-state index in [9.17, 15) is 4.79 Å². The van der Waals surface area contributed by atoms with Crippen LogP contribution < -0.4 is 5.32 Å². The number of aromatic nitrogens is 3. The third kappa shape index (κ3) is 4.26. The molecular formula is C15H22N4O. The molecule has 0 spiro atoms. The number of carbonyl (C=O) groups is 1. The van der Waals surface area contributed by atoms with Gasteiger partial charge < -0.3 is 14.5 Å². The first-order chi connectivity index (χ1) is 9.79. The molecule has 0 fully saturated rings. The summed E-state index contributed by atoms with van der Waals surface area (Å²) in [7, 11) is 0. The summed E-state index contributed by atoms with van der Waals surface area (Å²) in [6.07, 6.45) is 10.1. The van der Waals surface area contributed by atoms with Gasteiger partial charge in [0.15, 0.2) is 0 Å². The Bertz CT molecular complexity index is 516. The summed E-state index contributed by atoms with van der Waals surface area (Å²) in [4.78, 5) is 16.0. The van der Waals surface area contributed by atoms with Gasteiger partial charge in [0.1, 0.15) is 5.82 Å². The molecule has 0 saturated heterocycles. The molecule has 0 unspecified atom stereocenters. The first-order valence-electron chi connectivity index (χ1n) is 7.17. The average molecular weight is 274 g/mol. The van der Waals surface area contributed by atoms with Crippen molar-refractivity contribution in [1.82, 2.24) is 19.4 Å². The van der Waals surface area contributed by atoms with Crippen LogP contribution in [0.15, 0.2) is 36.9 Å². The van der Waals surface area contributed by atoms with Gasteiger partial charge in [0.2, 0.25) is 5.91 Å². The van der Waals surface area contributed by atoms with Gasteiger partial charge in [-0.05, 0) is 18.6 Å². The second-order valence-corrected chi connectivity index (χ2v) is 4.76. The molecule has 108 valence electrons. The summed E-state index contributed by atoms with van der Waals surface area (Å²) in [5, 5.41) is 2.96. The molecule has 2 aromatic rings. The van der Waals surface area contributed by atoms with Crippen LogP contribution in [-0.2, 0) is 24.3 Å². The van der Waals surface area contributed by atoms with E-state index >= 15 is 0 Å². The van der Waals surface area contributed by atoms with Gasteiger partial charge in [0.05, 0.1) is 0 Å². The molecule has 0 radical (unpaired) electrons. The van der Waals surface area contributed by atoms with Crippen LogP contribution in [0.1, 0.15) is 25.6 Å². The molecule has 0 bridgehead atoms. The fourth-order valence-electron chi connectivity index (χ4n) is 2.18. The van der Waals surface area contributed by atoms with Gasteiger partial charge in [-0.25, -0.2) is 4.98 Å². The number of carbonyl (C=O) groups excluding carboxylic acids is 1. The smallest absolute Gasteiger partial charge is 0.221 e. The molecule has 5 nitrogen and oxygen atoms in total. The average Bonchev–Trinajstić information content (AvgIpc) is 3.12. The molecule has 0 atom stereocenters. The van der Waals surface area contributed by atoms with Crippen molar-refractivity contribution >= 4 is 5.91 Å². The molecule has 2 heterocycles. The lowest BCUT2D eigenvalue weighted by molar-refractivity contribution is -0.121. The van der Waals surface area contributed by atoms with E-state index in [0.29, 0.717) is 13.0 Å². The summed E-state index contributed by atoms with van der Waals surface area (Å²) in [5.74, 6) is 1.14. The van der Waals surface area contributed by atoms with E-state index in [1.54, 1.807) is 6.20 Å². The first-order valence-corrected chi connectivity index (χ1v) is 7.17. The van der Waals surface area contributed by atoms with Crippen molar-refractivity contribution in [2.75, 3.05) is 6.54 Å². The van der Waals surface area contributed by atoms with Gasteiger partial charge in [0.25, 0.3) is 0 Å². The van der Waals surface area contributed by atoms with E-state index in [1.165, 1.54) is 0 Å². The van der Waals surface area contributed by atoms with Crippen LogP contribution in [0, 0.1) is 0 Å². The Balaban J connectivity index is 1.61. The second-order valence-electron chi connectivity index (χ2n) is 4.76. The van der Waals surface area contributed by atoms with Crippen molar-refractivity contribution in [1.29, 1.82) is 0 Å². The van der Waals surface area contributed by atoms with Gasteiger partial charge in [-0.15, -0.1) is 0 Å². The highest BCUT2D eigenvalue weighted by atomic mass is 16.1. The van der Waals surface area contributed by atoms with E-state index in [4.69, 9.17) is 0 Å². The molecular weight excluding hydrogens is 252 g/mol. The first kappa shape index (κ1) is 14.4. The van der Waals surface area contributed by atoms with Gasteiger partial charge in [-0.2, -0.15) is 0 Å². The lowest BCUT2D eigenvalue weighted by Gasteiger charge is -2.08. The van der Waals surface area contributed by atoms with Crippen molar-refractivity contribution in [2.45, 2.75) is 39.3 Å². The minimum absolute atomic E-state index is 0.105. The minimum atomic E-state index is 0.105. The number of imidazole rings is 1. The largest absolute Gasteiger partial charge is 0.356 e. The van der Waals surface area contributed by atoms with Crippen LogP contribution in [0.25, 0.3) is 0 Å². The highest BCUT2D eigenvalue weighted by Crippen LogP contribution is 2.00. The summed E-state index contributed by atoms with van der Waals surface area (Å²) in [5.41, 5.74) is 0. The van der Waals surface area contributed by atoms with Gasteiger partial charge in [-0.1, -0.05) is 6.92 Å². The molecule has 0 saturated carbocycles. The zero-order valence-electron chi connectivity index (χ0n) is 12.0. The monoisotopic (exact) mass is 274 g/mol. The molecule has 0 aliphatic heterocycles. The number of nitrogens with one attached hydrogen (secondary N) is 1. The summed E-state index contributed by atoms with van der Waals surface area (Å²) < 4.78 is 4.16. The lowest BCUT2D eigenvalue weighted by Crippen LogP contribution is -2.26. The van der Waals surface area contributed by atoms with Gasteiger partial charge in [0, 0.05) is 57.3 Å². The SMILES string of the molecule is CCc1nccn1CCC(=O)NCCCn1cccc1. The molecule has 2 rings (SSSR count). The molecule has 5 heteroatoms. The predicted molar refractivity (Wildman–Crippen MR) is 78.3 cm³/mol. The fourth-order valence-corrected chi connectivity index (χ4v) is 2.18. The van der Waals surface area contributed by atoms with Crippen LogP contribution >= 0.6 is 0 Å². The Hall–Kier alpha value is -2.04. The molecule has 1 amide bonds. The van der Waals surface area contributed by atoms with E-state index < -0.39 is 0 Å². The van der Waals surface area contributed by atoms with Gasteiger partial charge >= 0.3 is 0 Å². The fraction of sp³-hybridized carbons (Fsp3) is 0.467. The van der Waals surface area contributed by atoms with Crippen LogP contribution in [0.4, 0.5) is 0 Å². The summed E-state index contributed by atoms with van der Waals surface area (Å²) >= 11 is 0. The zero-order valence-corrected chi connectivity index (χ0v) is 12.0. The number of amides is 1. The minimum Gasteiger partial charge on any atom is -0.356 e. The molecule has 0 aliphatic carbocycles. The highest BCUT2D eigenvalue weighted by Gasteiger charge is 2.04. The number of rotatable bonds is 8. The lowest BCUT2D eigenvalue weighted by atomic mass is 10.3. The zero-order chi connectivity index (χ0) is 14.2. The molecule has 1 N–H and O–H groups in total. The summed E-state index contributed by atoms with van der Waals surface area (Å²) in [6.45, 7) is 4.43. The molecule has 2 aromatic heterocycles. The predicted octanol–water partition coefficient (Wildman–Crippen LogP) is 1.84. The topological polar surface area (TPSA) is 51.9 Å². The van der Waals surface area contributed by atoms with E-state index in [0.717, 1.165) is 31.8 Å². The quantitative estimate of drug-likeness (QED) is 0.747. The Labute approximate surface area is 119 Å². The maximum Gasteiger partial charge on any atom is 0.221 e. The maximum absolute atomic E-state index is 11.7. The standard InChI is InChI=1S/C15H22N4O/c1-2-14-16-8-13-19(14)12-6-15(20)17-7-5-11-18-9-3-4-10-18/h3-4,8-10,13H,2,5-7,11-12H2,1H3,(H,17,20). The molecule has 20 heavy (non-hydrogen) atoms. The van der Waals surface area contributed by atoms with Crippen molar-refractivity contribution in [3.05, 3.63) is 42.7 Å². The van der Waals surface area contributed by atoms with Crippen molar-refractivity contribution in [3.63, 3.8) is 0 Å². The molecule has 0 aliphatic rings. The van der Waals surface area contributed by atoms with Crippen molar-refractivity contribution < 1.29 is 4.79 Å². The van der Waals surface area contributed by atoms with E-state index in [1.807, 2.05) is 35.3 Å². The number of aryl methyl sites for hydroxylation is 3. The van der Waals surface area contributed by atoms with E-state index in [-0.39, 0.29) is 5.91 Å². The van der Waals surface area contributed by atoms with Crippen molar-refractivity contribution in [3.8, 4) is 0 Å². The Morgan fingerprint density at radius 3 is 2.80 bits per heavy atom. The van der Waals surface area contributed by atoms with Crippen LogP contribution in [0.2, 0.25) is 0 Å². The number of nitrogens with zero attached hydrogens (tertiary/aromatic N) is 3. The maximum atomic E-state index is 11.7. The third-order valence-corrected chi connectivity index (χ3v) is 3.28. The third-order valence-electron chi connectivity index (χ3n) is 3.28. The van der Waals surface area contributed by atoms with E-state index in [2.05, 4.69) is 21.8 Å². The molecule has 0 aromatic carbocycles. The van der Waals surface area contributed by atoms with Crippen LogP contribution in [-0.4, -0.2) is 26.6 Å². The van der Waals surface area contributed by atoms with Gasteiger partial charge in [-0.3, -0.25) is 4.79 Å². The Kier molecular flexibility index (Phi) is 5.41. The van der Waals surface area contributed by atoms with Crippen LogP contribution in [0.5, 0.6) is 0 Å².